The molecule has 2 saturated heterocycles. The number of carbonyl (C=O) groups is 2. The first kappa shape index (κ1) is 12.4. The molecule has 2 fully saturated rings. The molecule has 0 aliphatic carbocycles. The number of piperidine rings is 1. The highest BCUT2D eigenvalue weighted by atomic mass is 16.4. The molecule has 5 nitrogen and oxygen atoms in total. The van der Waals surface area contributed by atoms with Crippen molar-refractivity contribution in [3.63, 3.8) is 0 Å². The Morgan fingerprint density at radius 2 is 1.71 bits per heavy atom. The van der Waals surface area contributed by atoms with E-state index in [1.807, 2.05) is 4.90 Å². The van der Waals surface area contributed by atoms with Crippen molar-refractivity contribution in [3.8, 4) is 0 Å². The molecule has 2 aliphatic heterocycles. The van der Waals surface area contributed by atoms with Gasteiger partial charge in [-0.15, -0.1) is 0 Å². The molecule has 0 radical (unpaired) electrons. The largest absolute Gasteiger partial charge is 0.481 e. The number of amides is 1. The van der Waals surface area contributed by atoms with Crippen LogP contribution < -0.4 is 0 Å². The van der Waals surface area contributed by atoms with Gasteiger partial charge in [-0.2, -0.15) is 0 Å². The Hall–Kier alpha value is -1.10. The van der Waals surface area contributed by atoms with Crippen LogP contribution in [0.4, 0.5) is 0 Å². The van der Waals surface area contributed by atoms with Crippen LogP contribution in [0.2, 0.25) is 0 Å². The third-order valence-electron chi connectivity index (χ3n) is 3.78. The van der Waals surface area contributed by atoms with Gasteiger partial charge in [-0.1, -0.05) is 0 Å². The van der Waals surface area contributed by atoms with E-state index >= 15 is 0 Å². The summed E-state index contributed by atoms with van der Waals surface area (Å²) in [5.41, 5.74) is 0. The van der Waals surface area contributed by atoms with Gasteiger partial charge >= 0.3 is 5.97 Å². The summed E-state index contributed by atoms with van der Waals surface area (Å²) in [5.74, 6) is -0.900. The predicted molar refractivity (Wildman–Crippen MR) is 62.7 cm³/mol. The van der Waals surface area contributed by atoms with E-state index in [-0.39, 0.29) is 18.7 Å². The van der Waals surface area contributed by atoms with Crippen molar-refractivity contribution in [2.24, 2.45) is 0 Å². The minimum absolute atomic E-state index is 0.00513. The molecule has 0 spiro atoms. The number of rotatable bonds is 4. The second-order valence-corrected chi connectivity index (χ2v) is 4.90. The first-order valence-corrected chi connectivity index (χ1v) is 6.40. The van der Waals surface area contributed by atoms with Crippen LogP contribution in [-0.4, -0.2) is 59.0 Å². The average molecular weight is 240 g/mol. The molecule has 2 rings (SSSR count). The van der Waals surface area contributed by atoms with Gasteiger partial charge in [0.25, 0.3) is 0 Å². The van der Waals surface area contributed by atoms with Gasteiger partial charge in [0.2, 0.25) is 5.91 Å². The van der Waals surface area contributed by atoms with Gasteiger partial charge in [0.1, 0.15) is 0 Å². The fourth-order valence-corrected chi connectivity index (χ4v) is 2.56. The van der Waals surface area contributed by atoms with Crippen LogP contribution in [0, 0.1) is 0 Å². The molecule has 0 unspecified atom stereocenters. The highest BCUT2D eigenvalue weighted by molar-refractivity contribution is 5.80. The maximum atomic E-state index is 11.7. The summed E-state index contributed by atoms with van der Waals surface area (Å²) >= 11 is 0. The zero-order valence-electron chi connectivity index (χ0n) is 10.1. The van der Waals surface area contributed by atoms with Gasteiger partial charge < -0.3 is 14.9 Å². The number of carbonyl (C=O) groups excluding carboxylic acids is 1. The number of hydrogen-bond acceptors (Lipinski definition) is 3. The smallest absolute Gasteiger partial charge is 0.303 e. The molecular formula is C12H20N2O3. The number of carboxylic acid groups (broad SMARTS) is 1. The Labute approximate surface area is 101 Å². The van der Waals surface area contributed by atoms with Crippen LogP contribution in [0.15, 0.2) is 0 Å². The number of hydrogen-bond donors (Lipinski definition) is 1. The molecule has 2 aliphatic rings. The normalized spacial score (nSPS) is 22.2. The quantitative estimate of drug-likeness (QED) is 0.779. The van der Waals surface area contributed by atoms with Crippen LogP contribution in [0.25, 0.3) is 0 Å². The summed E-state index contributed by atoms with van der Waals surface area (Å²) in [7, 11) is 0. The summed E-state index contributed by atoms with van der Waals surface area (Å²) in [6.45, 7) is 3.99. The molecular weight excluding hydrogens is 220 g/mol. The third-order valence-corrected chi connectivity index (χ3v) is 3.78. The van der Waals surface area contributed by atoms with Gasteiger partial charge in [-0.25, -0.2) is 0 Å². The average Bonchev–Trinajstić information content (AvgIpc) is 2.24. The minimum atomic E-state index is -0.895. The highest BCUT2D eigenvalue weighted by Gasteiger charge is 2.29. The molecule has 0 aromatic carbocycles. The van der Waals surface area contributed by atoms with E-state index in [4.69, 9.17) is 5.11 Å². The Kier molecular flexibility index (Phi) is 3.99. The maximum Gasteiger partial charge on any atom is 0.303 e. The Balaban J connectivity index is 1.70. The van der Waals surface area contributed by atoms with Crippen LogP contribution in [-0.2, 0) is 9.59 Å². The van der Waals surface area contributed by atoms with Crippen molar-refractivity contribution >= 4 is 11.9 Å². The lowest BCUT2D eigenvalue weighted by molar-refractivity contribution is -0.141. The summed E-state index contributed by atoms with van der Waals surface area (Å²) in [4.78, 5) is 26.4. The predicted octanol–water partition coefficient (Wildman–Crippen LogP) is 0.548. The van der Waals surface area contributed by atoms with Crippen molar-refractivity contribution in [1.82, 2.24) is 9.80 Å². The molecule has 1 amide bonds. The van der Waals surface area contributed by atoms with Crippen molar-refractivity contribution in [2.45, 2.75) is 38.1 Å². The molecule has 0 bridgehead atoms. The third kappa shape index (κ3) is 3.19. The monoisotopic (exact) mass is 240 g/mol. The van der Waals surface area contributed by atoms with Crippen LogP contribution in [0.1, 0.15) is 32.1 Å². The SMILES string of the molecule is O=C(O)CCC(=O)N1CCC(N2CCC2)CC1. The van der Waals surface area contributed by atoms with E-state index in [0.29, 0.717) is 6.04 Å². The molecule has 0 aromatic heterocycles. The molecule has 0 saturated carbocycles. The van der Waals surface area contributed by atoms with Gasteiger partial charge in [-0.3, -0.25) is 9.59 Å². The topological polar surface area (TPSA) is 60.9 Å². The van der Waals surface area contributed by atoms with Crippen LogP contribution in [0.5, 0.6) is 0 Å². The van der Waals surface area contributed by atoms with E-state index < -0.39 is 5.97 Å². The van der Waals surface area contributed by atoms with Crippen LogP contribution >= 0.6 is 0 Å². The van der Waals surface area contributed by atoms with Crippen molar-refractivity contribution in [3.05, 3.63) is 0 Å². The zero-order valence-corrected chi connectivity index (χ0v) is 10.1. The lowest BCUT2D eigenvalue weighted by Crippen LogP contribution is -2.51. The van der Waals surface area contributed by atoms with Crippen molar-refractivity contribution in [2.75, 3.05) is 26.2 Å². The van der Waals surface area contributed by atoms with E-state index in [9.17, 15) is 9.59 Å². The minimum Gasteiger partial charge on any atom is -0.481 e. The summed E-state index contributed by atoms with van der Waals surface area (Å²) in [6.07, 6.45) is 3.48. The van der Waals surface area contributed by atoms with Crippen LogP contribution in [0.3, 0.4) is 0 Å². The number of nitrogens with zero attached hydrogens (tertiary/aromatic N) is 2. The second kappa shape index (κ2) is 5.49. The standard InChI is InChI=1S/C12H20N2O3/c15-11(2-3-12(16)17)14-8-4-10(5-9-14)13-6-1-7-13/h10H,1-9H2,(H,16,17). The Bertz CT molecular complexity index is 294. The second-order valence-electron chi connectivity index (χ2n) is 4.90. The molecule has 96 valence electrons. The summed E-state index contributed by atoms with van der Waals surface area (Å²) in [6, 6.07) is 0.646. The number of aliphatic carboxylic acids is 1. The molecule has 0 atom stereocenters. The van der Waals surface area contributed by atoms with Gasteiger partial charge in [0.05, 0.1) is 6.42 Å². The van der Waals surface area contributed by atoms with Crippen molar-refractivity contribution in [1.29, 1.82) is 0 Å². The lowest BCUT2D eigenvalue weighted by atomic mass is 9.99. The highest BCUT2D eigenvalue weighted by Crippen LogP contribution is 2.21. The molecule has 2 heterocycles. The molecule has 17 heavy (non-hydrogen) atoms. The fraction of sp³-hybridized carbons (Fsp3) is 0.833. The van der Waals surface area contributed by atoms with Gasteiger partial charge in [0.15, 0.2) is 0 Å². The number of likely N-dealkylation sites (tertiary alicyclic amines) is 2. The van der Waals surface area contributed by atoms with E-state index in [1.165, 1.54) is 19.5 Å². The maximum absolute atomic E-state index is 11.7. The van der Waals surface area contributed by atoms with E-state index in [2.05, 4.69) is 4.90 Å². The lowest BCUT2D eigenvalue weighted by Gasteiger charge is -2.43. The number of carboxylic acids is 1. The fourth-order valence-electron chi connectivity index (χ4n) is 2.56. The molecule has 5 heteroatoms. The van der Waals surface area contributed by atoms with E-state index in [0.717, 1.165) is 25.9 Å². The van der Waals surface area contributed by atoms with Gasteiger partial charge in [0, 0.05) is 25.6 Å². The zero-order chi connectivity index (χ0) is 12.3. The van der Waals surface area contributed by atoms with E-state index in [1.54, 1.807) is 0 Å². The molecule has 1 N–H and O–H groups in total. The Morgan fingerprint density at radius 1 is 1.06 bits per heavy atom. The summed E-state index contributed by atoms with van der Waals surface area (Å²) in [5, 5.41) is 8.54. The summed E-state index contributed by atoms with van der Waals surface area (Å²) < 4.78 is 0. The first-order chi connectivity index (χ1) is 8.16. The Morgan fingerprint density at radius 3 is 2.18 bits per heavy atom. The van der Waals surface area contributed by atoms with Crippen molar-refractivity contribution < 1.29 is 14.7 Å². The first-order valence-electron chi connectivity index (χ1n) is 6.40. The molecule has 0 aromatic rings. The van der Waals surface area contributed by atoms with Gasteiger partial charge in [-0.05, 0) is 32.4 Å².